The lowest BCUT2D eigenvalue weighted by Gasteiger charge is -2.33. The first-order valence-corrected chi connectivity index (χ1v) is 9.40. The van der Waals surface area contributed by atoms with Gasteiger partial charge in [-0.05, 0) is 23.1 Å². The maximum absolute atomic E-state index is 13.6. The Balaban J connectivity index is 2.19. The lowest BCUT2D eigenvalue weighted by atomic mass is 9.69. The van der Waals surface area contributed by atoms with Gasteiger partial charge in [-0.15, -0.1) is 0 Å². The summed E-state index contributed by atoms with van der Waals surface area (Å²) in [5.41, 5.74) is 1.02. The number of esters is 2. The summed E-state index contributed by atoms with van der Waals surface area (Å²) in [6, 6.07) is 28.3. The Kier molecular flexibility index (Phi) is 6.38. The van der Waals surface area contributed by atoms with Gasteiger partial charge in [0.2, 0.25) is 0 Å². The fourth-order valence-corrected chi connectivity index (χ4v) is 3.42. The van der Waals surface area contributed by atoms with Gasteiger partial charge in [-0.25, -0.2) is 4.79 Å². The molecule has 0 saturated heterocycles. The maximum atomic E-state index is 13.6. The molecule has 28 heavy (non-hydrogen) atoms. The summed E-state index contributed by atoms with van der Waals surface area (Å²) in [5, 5.41) is 0. The molecule has 0 fully saturated rings. The van der Waals surface area contributed by atoms with Gasteiger partial charge >= 0.3 is 11.9 Å². The Hall–Kier alpha value is -3.20. The molecule has 0 aliphatic heterocycles. The van der Waals surface area contributed by atoms with Crippen molar-refractivity contribution in [3.63, 3.8) is 0 Å². The average Bonchev–Trinajstić information content (AvgIpc) is 2.75. The molecule has 0 aromatic heterocycles. The van der Waals surface area contributed by atoms with Crippen molar-refractivity contribution in [2.75, 3.05) is 0 Å². The lowest BCUT2D eigenvalue weighted by molar-refractivity contribution is -0.162. The van der Waals surface area contributed by atoms with Crippen LogP contribution < -0.4 is 0 Å². The molecule has 0 N–H and O–H groups in total. The topological polar surface area (TPSA) is 43.4 Å². The first kappa shape index (κ1) is 19.6. The van der Waals surface area contributed by atoms with Gasteiger partial charge in [0.25, 0.3) is 0 Å². The van der Waals surface area contributed by atoms with Crippen molar-refractivity contribution in [2.24, 2.45) is 0 Å². The van der Waals surface area contributed by atoms with Crippen LogP contribution in [0.5, 0.6) is 0 Å². The fraction of sp³-hybridized carbons (Fsp3) is 0.160. The molecule has 0 spiro atoms. The summed E-state index contributed by atoms with van der Waals surface area (Å²) >= 11 is 0. The molecule has 0 aliphatic rings. The molecule has 0 bridgehead atoms. The molecule has 3 aromatic carbocycles. The second kappa shape index (κ2) is 9.14. The van der Waals surface area contributed by atoms with Crippen LogP contribution >= 0.6 is 0 Å². The van der Waals surface area contributed by atoms with Crippen molar-refractivity contribution in [1.29, 1.82) is 0 Å². The normalized spacial score (nSPS) is 11.0. The van der Waals surface area contributed by atoms with Crippen LogP contribution in [0.25, 0.3) is 0 Å². The van der Waals surface area contributed by atoms with Crippen LogP contribution in [0.1, 0.15) is 36.0 Å². The summed E-state index contributed by atoms with van der Waals surface area (Å²) in [4.78, 5) is 25.9. The number of rotatable bonds is 7. The molecule has 3 aromatic rings. The average molecular weight is 371 g/mol. The van der Waals surface area contributed by atoms with E-state index in [1.54, 1.807) is 0 Å². The summed E-state index contributed by atoms with van der Waals surface area (Å²) < 4.78 is 5.38. The van der Waals surface area contributed by atoms with Gasteiger partial charge in [0.1, 0.15) is 5.41 Å². The number of carbonyl (C=O) groups excluding carboxylic acids is 2. The zero-order chi connectivity index (χ0) is 19.8. The molecule has 0 amide bonds. The Labute approximate surface area is 166 Å². The lowest BCUT2D eigenvalue weighted by Crippen LogP contribution is -2.41. The molecule has 3 rings (SSSR count). The quantitative estimate of drug-likeness (QED) is 0.330. The molecular weight excluding hydrogens is 348 g/mol. The van der Waals surface area contributed by atoms with Gasteiger partial charge in [-0.3, -0.25) is 4.79 Å². The molecule has 0 heterocycles. The van der Waals surface area contributed by atoms with E-state index in [0.29, 0.717) is 12.8 Å². The number of benzene rings is 3. The van der Waals surface area contributed by atoms with Gasteiger partial charge in [0, 0.05) is 6.42 Å². The van der Waals surface area contributed by atoms with Crippen LogP contribution in [0.3, 0.4) is 0 Å². The van der Waals surface area contributed by atoms with Gasteiger partial charge in [0.05, 0.1) is 0 Å². The highest BCUT2D eigenvalue weighted by Crippen LogP contribution is 2.40. The van der Waals surface area contributed by atoms with Gasteiger partial charge in [-0.2, -0.15) is 0 Å². The van der Waals surface area contributed by atoms with Crippen molar-refractivity contribution in [3.8, 4) is 0 Å². The summed E-state index contributed by atoms with van der Waals surface area (Å²) in [6.07, 6.45) is 1.37. The second-order valence-corrected chi connectivity index (χ2v) is 6.57. The van der Waals surface area contributed by atoms with E-state index >= 15 is 0 Å². The minimum absolute atomic E-state index is 0.170. The molecule has 3 nitrogen and oxygen atoms in total. The molecule has 3 heteroatoms. The van der Waals surface area contributed by atoms with Crippen molar-refractivity contribution in [2.45, 2.75) is 24.7 Å². The summed E-state index contributed by atoms with van der Waals surface area (Å²) in [6.45, 7) is 3.74. The van der Waals surface area contributed by atoms with E-state index in [9.17, 15) is 9.59 Å². The van der Waals surface area contributed by atoms with E-state index < -0.39 is 17.4 Å². The van der Waals surface area contributed by atoms with Crippen LogP contribution in [0.4, 0.5) is 0 Å². The van der Waals surface area contributed by atoms with Crippen LogP contribution in [0.15, 0.2) is 91.0 Å². The summed E-state index contributed by atoms with van der Waals surface area (Å²) in [7, 11) is 0. The molecule has 0 saturated carbocycles. The first-order chi connectivity index (χ1) is 13.7. The Bertz CT molecular complexity index is 806. The molecule has 1 radical (unpaired) electrons. The van der Waals surface area contributed by atoms with Crippen molar-refractivity contribution < 1.29 is 14.3 Å². The SMILES string of the molecule is [CH2]CCCC(=O)OC(=O)C(c1ccccc1)(c1ccccc1)c1ccccc1. The van der Waals surface area contributed by atoms with Crippen LogP contribution in [0.2, 0.25) is 0 Å². The zero-order valence-electron chi connectivity index (χ0n) is 15.7. The third-order valence-corrected chi connectivity index (χ3v) is 4.76. The highest BCUT2D eigenvalue weighted by molar-refractivity contribution is 5.98. The summed E-state index contributed by atoms with van der Waals surface area (Å²) in [5.74, 6) is -1.12. The first-order valence-electron chi connectivity index (χ1n) is 9.40. The predicted octanol–water partition coefficient (Wildman–Crippen LogP) is 5.10. The monoisotopic (exact) mass is 371 g/mol. The van der Waals surface area contributed by atoms with E-state index in [1.807, 2.05) is 91.0 Å². The van der Waals surface area contributed by atoms with Crippen LogP contribution in [0, 0.1) is 6.92 Å². The molecule has 0 atom stereocenters. The zero-order valence-corrected chi connectivity index (χ0v) is 15.7. The van der Waals surface area contributed by atoms with Crippen molar-refractivity contribution in [1.82, 2.24) is 0 Å². The van der Waals surface area contributed by atoms with E-state index in [2.05, 4.69) is 6.92 Å². The molecule has 0 aliphatic carbocycles. The third-order valence-electron chi connectivity index (χ3n) is 4.76. The van der Waals surface area contributed by atoms with Gasteiger partial charge < -0.3 is 4.74 Å². The minimum Gasteiger partial charge on any atom is -0.392 e. The molecule has 141 valence electrons. The Morgan fingerprint density at radius 3 is 1.46 bits per heavy atom. The number of ether oxygens (including phenoxy) is 1. The van der Waals surface area contributed by atoms with E-state index in [4.69, 9.17) is 4.74 Å². The molecular formula is C25H23O3. The number of hydrogen-bond donors (Lipinski definition) is 0. The smallest absolute Gasteiger partial charge is 0.333 e. The predicted molar refractivity (Wildman–Crippen MR) is 110 cm³/mol. The standard InChI is InChI=1S/C25H23O3/c1-2-3-19-23(26)28-24(27)25(20-13-7-4-8-14-20,21-15-9-5-10-16-21)22-17-11-6-12-18-22/h4-18H,1-3,19H2. The minimum atomic E-state index is -1.23. The van der Waals surface area contributed by atoms with E-state index in [1.165, 1.54) is 0 Å². The highest BCUT2D eigenvalue weighted by atomic mass is 16.6. The van der Waals surface area contributed by atoms with Gasteiger partial charge in [-0.1, -0.05) is 104 Å². The number of hydrogen-bond acceptors (Lipinski definition) is 3. The van der Waals surface area contributed by atoms with E-state index in [-0.39, 0.29) is 6.42 Å². The van der Waals surface area contributed by atoms with Crippen LogP contribution in [-0.2, 0) is 19.7 Å². The number of carbonyl (C=O) groups is 2. The Morgan fingerprint density at radius 1 is 0.714 bits per heavy atom. The van der Waals surface area contributed by atoms with Gasteiger partial charge in [0.15, 0.2) is 0 Å². The largest absolute Gasteiger partial charge is 0.392 e. The number of unbranched alkanes of at least 4 members (excludes halogenated alkanes) is 1. The second-order valence-electron chi connectivity index (χ2n) is 6.57. The molecule has 0 unspecified atom stereocenters. The van der Waals surface area contributed by atoms with Crippen molar-refractivity contribution >= 4 is 11.9 Å². The highest BCUT2D eigenvalue weighted by Gasteiger charge is 2.46. The fourth-order valence-electron chi connectivity index (χ4n) is 3.42. The van der Waals surface area contributed by atoms with E-state index in [0.717, 1.165) is 16.7 Å². The maximum Gasteiger partial charge on any atom is 0.333 e. The third kappa shape index (κ3) is 3.89. The van der Waals surface area contributed by atoms with Crippen LogP contribution in [-0.4, -0.2) is 11.9 Å². The van der Waals surface area contributed by atoms with Crippen molar-refractivity contribution in [3.05, 3.63) is 115 Å². The Morgan fingerprint density at radius 2 is 1.11 bits per heavy atom.